The quantitative estimate of drug-likeness (QED) is 0.838. The molecule has 0 aliphatic carbocycles. The van der Waals surface area contributed by atoms with E-state index in [1.54, 1.807) is 7.11 Å². The molecule has 3 rings (SSSR count). The molecule has 0 spiro atoms. The minimum absolute atomic E-state index is 0.165. The first-order chi connectivity index (χ1) is 12.2. The van der Waals surface area contributed by atoms with Crippen molar-refractivity contribution in [1.29, 1.82) is 0 Å². The maximum absolute atomic E-state index is 13.4. The molecule has 0 radical (unpaired) electrons. The largest absolute Gasteiger partial charge is 0.497 e. The molecule has 1 saturated heterocycles. The molecule has 0 unspecified atom stereocenters. The number of likely N-dealkylation sites (N-methyl/N-ethyl adjacent to an activating group) is 1. The third-order valence-corrected chi connectivity index (χ3v) is 5.01. The van der Waals surface area contributed by atoms with Crippen LogP contribution in [0.2, 0.25) is 0 Å². The van der Waals surface area contributed by atoms with E-state index >= 15 is 0 Å². The molecule has 1 amide bonds. The van der Waals surface area contributed by atoms with E-state index in [1.807, 2.05) is 54.4 Å². The summed E-state index contributed by atoms with van der Waals surface area (Å²) in [5.41, 5.74) is 1.69. The average Bonchev–Trinajstić information content (AvgIpc) is 2.69. The van der Waals surface area contributed by atoms with E-state index in [2.05, 4.69) is 12.1 Å². The fourth-order valence-corrected chi connectivity index (χ4v) is 3.55. The summed E-state index contributed by atoms with van der Waals surface area (Å²) in [4.78, 5) is 15.2. The van der Waals surface area contributed by atoms with Crippen LogP contribution in [0.3, 0.4) is 0 Å². The molecule has 0 saturated carbocycles. The number of hydrogen-bond donors (Lipinski definition) is 0. The number of methoxy groups -OCH3 is 1. The Morgan fingerprint density at radius 2 is 1.72 bits per heavy atom. The molecule has 0 bridgehead atoms. The standard InChI is InChI=1S/C21H25NO3/c1-22(16-17-8-10-19(24-2)11-9-17)20(23)21(12-14-25-15-13-21)18-6-4-3-5-7-18/h3-11H,12-16H2,1-2H3. The lowest BCUT2D eigenvalue weighted by Gasteiger charge is -2.39. The van der Waals surface area contributed by atoms with Crippen LogP contribution in [0.25, 0.3) is 0 Å². The lowest BCUT2D eigenvalue weighted by atomic mass is 9.73. The summed E-state index contributed by atoms with van der Waals surface area (Å²) >= 11 is 0. The Balaban J connectivity index is 1.81. The zero-order chi connectivity index (χ0) is 17.7. The van der Waals surface area contributed by atoms with Gasteiger partial charge in [-0.3, -0.25) is 4.79 Å². The number of amides is 1. The van der Waals surface area contributed by atoms with Crippen LogP contribution < -0.4 is 4.74 Å². The molecule has 0 atom stereocenters. The summed E-state index contributed by atoms with van der Waals surface area (Å²) in [6.45, 7) is 1.83. The van der Waals surface area contributed by atoms with Gasteiger partial charge in [-0.2, -0.15) is 0 Å². The number of carbonyl (C=O) groups excluding carboxylic acids is 1. The highest BCUT2D eigenvalue weighted by Crippen LogP contribution is 2.36. The molecule has 4 nitrogen and oxygen atoms in total. The lowest BCUT2D eigenvalue weighted by Crippen LogP contribution is -2.48. The van der Waals surface area contributed by atoms with E-state index < -0.39 is 5.41 Å². The van der Waals surface area contributed by atoms with Crippen LogP contribution in [0, 0.1) is 0 Å². The monoisotopic (exact) mass is 339 g/mol. The second-order valence-corrected chi connectivity index (χ2v) is 6.57. The molecule has 2 aromatic carbocycles. The van der Waals surface area contributed by atoms with Crippen molar-refractivity contribution >= 4 is 5.91 Å². The summed E-state index contributed by atoms with van der Waals surface area (Å²) in [5.74, 6) is 0.987. The Bertz CT molecular complexity index is 691. The van der Waals surface area contributed by atoms with Crippen LogP contribution in [0.1, 0.15) is 24.0 Å². The fourth-order valence-electron chi connectivity index (χ4n) is 3.55. The first-order valence-electron chi connectivity index (χ1n) is 8.67. The summed E-state index contributed by atoms with van der Waals surface area (Å²) < 4.78 is 10.7. The van der Waals surface area contributed by atoms with Crippen LogP contribution in [0.15, 0.2) is 54.6 Å². The second kappa shape index (κ2) is 7.70. The van der Waals surface area contributed by atoms with Crippen molar-refractivity contribution in [3.63, 3.8) is 0 Å². The number of ether oxygens (including phenoxy) is 2. The molecule has 4 heteroatoms. The number of rotatable bonds is 5. The topological polar surface area (TPSA) is 38.8 Å². The van der Waals surface area contributed by atoms with Crippen LogP contribution in [0.4, 0.5) is 0 Å². The molecule has 0 aromatic heterocycles. The highest BCUT2D eigenvalue weighted by atomic mass is 16.5. The molecule has 1 fully saturated rings. The zero-order valence-electron chi connectivity index (χ0n) is 14.9. The Labute approximate surface area is 149 Å². The highest BCUT2D eigenvalue weighted by Gasteiger charge is 2.43. The first-order valence-corrected chi connectivity index (χ1v) is 8.67. The van der Waals surface area contributed by atoms with Crippen molar-refractivity contribution < 1.29 is 14.3 Å². The van der Waals surface area contributed by atoms with Crippen molar-refractivity contribution in [2.75, 3.05) is 27.4 Å². The molecule has 1 heterocycles. The number of benzene rings is 2. The third kappa shape index (κ3) is 3.69. The lowest BCUT2D eigenvalue weighted by molar-refractivity contribution is -0.140. The maximum atomic E-state index is 13.4. The fraction of sp³-hybridized carbons (Fsp3) is 0.381. The molecule has 25 heavy (non-hydrogen) atoms. The summed E-state index contributed by atoms with van der Waals surface area (Å²) in [7, 11) is 3.53. The van der Waals surface area contributed by atoms with Crippen molar-refractivity contribution in [2.45, 2.75) is 24.8 Å². The Morgan fingerprint density at radius 3 is 2.32 bits per heavy atom. The van der Waals surface area contributed by atoms with Gasteiger partial charge in [0.25, 0.3) is 0 Å². The van der Waals surface area contributed by atoms with Crippen molar-refractivity contribution in [3.05, 3.63) is 65.7 Å². The molecule has 1 aliphatic rings. The van der Waals surface area contributed by atoms with E-state index in [9.17, 15) is 4.79 Å². The normalized spacial score (nSPS) is 16.2. The molecule has 132 valence electrons. The highest BCUT2D eigenvalue weighted by molar-refractivity contribution is 5.88. The van der Waals surface area contributed by atoms with E-state index in [0.29, 0.717) is 19.8 Å². The Hall–Kier alpha value is -2.33. The Morgan fingerprint density at radius 1 is 1.08 bits per heavy atom. The predicted molar refractivity (Wildman–Crippen MR) is 97.6 cm³/mol. The zero-order valence-corrected chi connectivity index (χ0v) is 14.9. The van der Waals surface area contributed by atoms with Gasteiger partial charge in [0.1, 0.15) is 5.75 Å². The van der Waals surface area contributed by atoms with Gasteiger partial charge in [-0.15, -0.1) is 0 Å². The van der Waals surface area contributed by atoms with Gasteiger partial charge in [-0.1, -0.05) is 42.5 Å². The summed E-state index contributed by atoms with van der Waals surface area (Å²) in [6, 6.07) is 18.0. The van der Waals surface area contributed by atoms with Gasteiger partial charge >= 0.3 is 0 Å². The van der Waals surface area contributed by atoms with Crippen LogP contribution in [-0.2, 0) is 21.5 Å². The maximum Gasteiger partial charge on any atom is 0.233 e. The molecular weight excluding hydrogens is 314 g/mol. The van der Waals surface area contributed by atoms with E-state index in [4.69, 9.17) is 9.47 Å². The van der Waals surface area contributed by atoms with Crippen molar-refractivity contribution in [2.24, 2.45) is 0 Å². The number of hydrogen-bond acceptors (Lipinski definition) is 3. The van der Waals surface area contributed by atoms with Gasteiger partial charge in [-0.25, -0.2) is 0 Å². The van der Waals surface area contributed by atoms with E-state index in [1.165, 1.54) is 0 Å². The van der Waals surface area contributed by atoms with Crippen molar-refractivity contribution in [1.82, 2.24) is 4.90 Å². The van der Waals surface area contributed by atoms with Gasteiger partial charge in [-0.05, 0) is 36.1 Å². The minimum Gasteiger partial charge on any atom is -0.497 e. The number of nitrogens with zero attached hydrogens (tertiary/aromatic N) is 1. The minimum atomic E-state index is -0.485. The smallest absolute Gasteiger partial charge is 0.233 e. The predicted octanol–water partition coefficient (Wildman–Crippen LogP) is 3.40. The van der Waals surface area contributed by atoms with Crippen molar-refractivity contribution in [3.8, 4) is 5.75 Å². The van der Waals surface area contributed by atoms with Gasteiger partial charge in [0, 0.05) is 26.8 Å². The summed E-state index contributed by atoms with van der Waals surface area (Å²) in [5, 5.41) is 0. The van der Waals surface area contributed by atoms with E-state index in [0.717, 1.165) is 29.7 Å². The third-order valence-electron chi connectivity index (χ3n) is 5.01. The second-order valence-electron chi connectivity index (χ2n) is 6.57. The van der Waals surface area contributed by atoms with Gasteiger partial charge in [0.15, 0.2) is 0 Å². The van der Waals surface area contributed by atoms with Crippen LogP contribution in [-0.4, -0.2) is 38.2 Å². The van der Waals surface area contributed by atoms with Gasteiger partial charge in [0.2, 0.25) is 5.91 Å². The van der Waals surface area contributed by atoms with Gasteiger partial charge in [0.05, 0.1) is 12.5 Å². The van der Waals surface area contributed by atoms with Crippen LogP contribution in [0.5, 0.6) is 5.75 Å². The molecule has 1 aliphatic heterocycles. The average molecular weight is 339 g/mol. The SMILES string of the molecule is COc1ccc(CN(C)C(=O)C2(c3ccccc3)CCOCC2)cc1. The molecule has 0 N–H and O–H groups in total. The summed E-state index contributed by atoms with van der Waals surface area (Å²) in [6.07, 6.45) is 1.45. The van der Waals surface area contributed by atoms with E-state index in [-0.39, 0.29) is 5.91 Å². The van der Waals surface area contributed by atoms with Gasteiger partial charge < -0.3 is 14.4 Å². The first kappa shape index (κ1) is 17.5. The number of carbonyl (C=O) groups is 1. The molecule has 2 aromatic rings. The Kier molecular flexibility index (Phi) is 5.39. The molecular formula is C21H25NO3. The van der Waals surface area contributed by atoms with Crippen LogP contribution >= 0.6 is 0 Å².